The molecule has 1 aromatic carbocycles. The molecule has 1 aliphatic rings. The van der Waals surface area contributed by atoms with E-state index in [4.69, 9.17) is 4.74 Å². The Morgan fingerprint density at radius 2 is 1.84 bits per heavy atom. The van der Waals surface area contributed by atoms with Crippen molar-refractivity contribution in [3.05, 3.63) is 70.0 Å². The molecule has 3 nitrogen and oxygen atoms in total. The van der Waals surface area contributed by atoms with Gasteiger partial charge in [-0.05, 0) is 78.2 Å². The van der Waals surface area contributed by atoms with Gasteiger partial charge in [0, 0.05) is 4.47 Å². The van der Waals surface area contributed by atoms with E-state index in [0.29, 0.717) is 18.6 Å². The predicted octanol–water partition coefficient (Wildman–Crippen LogP) is 5.65. The third kappa shape index (κ3) is 3.65. The largest absolute Gasteiger partial charge is 0.372 e. The van der Waals surface area contributed by atoms with Gasteiger partial charge in [0.15, 0.2) is 0 Å². The van der Waals surface area contributed by atoms with Gasteiger partial charge < -0.3 is 4.74 Å². The molecule has 2 heterocycles. The molecular weight excluding hydrogens is 376 g/mol. The summed E-state index contributed by atoms with van der Waals surface area (Å²) in [6.45, 7) is 2.62. The first-order chi connectivity index (χ1) is 12.2. The van der Waals surface area contributed by atoms with Gasteiger partial charge in [-0.3, -0.25) is 0 Å². The zero-order valence-electron chi connectivity index (χ0n) is 14.5. The molecule has 1 saturated carbocycles. The number of hydrogen-bond donors (Lipinski definition) is 0. The van der Waals surface area contributed by atoms with Gasteiger partial charge in [-0.15, -0.1) is 0 Å². The van der Waals surface area contributed by atoms with Crippen molar-refractivity contribution in [2.24, 2.45) is 0 Å². The summed E-state index contributed by atoms with van der Waals surface area (Å²) in [5.41, 5.74) is 4.71. The van der Waals surface area contributed by atoms with Crippen molar-refractivity contribution in [1.82, 2.24) is 9.61 Å². The molecule has 0 aliphatic heterocycles. The van der Waals surface area contributed by atoms with Crippen molar-refractivity contribution in [3.63, 3.8) is 0 Å². The molecule has 0 N–H and O–H groups in total. The average molecular weight is 399 g/mol. The fourth-order valence-electron chi connectivity index (χ4n) is 3.83. The van der Waals surface area contributed by atoms with Crippen molar-refractivity contribution in [2.45, 2.75) is 51.2 Å². The molecular formula is C21H23BrN2O. The van der Waals surface area contributed by atoms with E-state index < -0.39 is 0 Å². The maximum absolute atomic E-state index is 6.26. The van der Waals surface area contributed by atoms with E-state index in [1.165, 1.54) is 18.4 Å². The molecule has 1 fully saturated rings. The Hall–Kier alpha value is -1.65. The number of pyridine rings is 1. The molecule has 0 saturated heterocycles. The number of nitrogens with zero attached hydrogens (tertiary/aromatic N) is 2. The molecule has 4 rings (SSSR count). The Morgan fingerprint density at radius 3 is 2.60 bits per heavy atom. The van der Waals surface area contributed by atoms with Crippen LogP contribution in [0.2, 0.25) is 0 Å². The van der Waals surface area contributed by atoms with E-state index in [9.17, 15) is 0 Å². The third-order valence-corrected chi connectivity index (χ3v) is 5.91. The van der Waals surface area contributed by atoms with Crippen LogP contribution in [0.4, 0.5) is 0 Å². The molecule has 0 amide bonds. The number of aromatic nitrogens is 2. The first-order valence-electron chi connectivity index (χ1n) is 9.01. The summed E-state index contributed by atoms with van der Waals surface area (Å²) in [5.74, 6) is 0.685. The van der Waals surface area contributed by atoms with E-state index in [2.05, 4.69) is 69.6 Å². The van der Waals surface area contributed by atoms with Crippen LogP contribution in [0.5, 0.6) is 0 Å². The second-order valence-corrected chi connectivity index (χ2v) is 7.80. The molecule has 0 unspecified atom stereocenters. The van der Waals surface area contributed by atoms with Crippen LogP contribution >= 0.6 is 15.9 Å². The Labute approximate surface area is 157 Å². The first kappa shape index (κ1) is 16.8. The standard InChI is InChI=1S/C21H23BrN2O/c1-15-13-18-9-12-20(22)21(24(18)23-15)14-25-19-10-7-17(8-11-19)16-5-3-2-4-6-16/h2-6,9,12-13,17,19H,7-8,10-11,14H2,1H3. The molecule has 1 aliphatic carbocycles. The van der Waals surface area contributed by atoms with E-state index in [0.717, 1.165) is 34.2 Å². The fourth-order valence-corrected chi connectivity index (χ4v) is 4.24. The van der Waals surface area contributed by atoms with Crippen LogP contribution in [0.3, 0.4) is 0 Å². The van der Waals surface area contributed by atoms with E-state index in [-0.39, 0.29) is 0 Å². The lowest BCUT2D eigenvalue weighted by Crippen LogP contribution is -2.21. The van der Waals surface area contributed by atoms with Crippen LogP contribution < -0.4 is 0 Å². The predicted molar refractivity (Wildman–Crippen MR) is 104 cm³/mol. The van der Waals surface area contributed by atoms with Gasteiger partial charge in [0.1, 0.15) is 0 Å². The number of ether oxygens (including phenoxy) is 1. The molecule has 25 heavy (non-hydrogen) atoms. The van der Waals surface area contributed by atoms with Crippen LogP contribution in [0, 0.1) is 6.92 Å². The summed E-state index contributed by atoms with van der Waals surface area (Å²) >= 11 is 3.65. The topological polar surface area (TPSA) is 26.5 Å². The summed E-state index contributed by atoms with van der Waals surface area (Å²) in [6, 6.07) is 17.1. The normalized spacial score (nSPS) is 20.9. The lowest BCUT2D eigenvalue weighted by atomic mass is 9.83. The molecule has 0 radical (unpaired) electrons. The molecule has 2 aromatic heterocycles. The summed E-state index contributed by atoms with van der Waals surface area (Å²) < 4.78 is 9.31. The highest BCUT2D eigenvalue weighted by atomic mass is 79.9. The number of halogens is 1. The highest BCUT2D eigenvalue weighted by Gasteiger charge is 2.23. The third-order valence-electron chi connectivity index (χ3n) is 5.19. The minimum Gasteiger partial charge on any atom is -0.372 e. The number of rotatable bonds is 4. The van der Waals surface area contributed by atoms with Crippen LogP contribution in [0.25, 0.3) is 5.52 Å². The number of hydrogen-bond acceptors (Lipinski definition) is 2. The van der Waals surface area contributed by atoms with E-state index in [1.54, 1.807) is 0 Å². The second-order valence-electron chi connectivity index (χ2n) is 6.95. The lowest BCUT2D eigenvalue weighted by Gasteiger charge is -2.29. The van der Waals surface area contributed by atoms with Crippen molar-refractivity contribution in [2.75, 3.05) is 0 Å². The van der Waals surface area contributed by atoms with Gasteiger partial charge in [-0.1, -0.05) is 30.3 Å². The van der Waals surface area contributed by atoms with Gasteiger partial charge in [0.05, 0.1) is 29.6 Å². The van der Waals surface area contributed by atoms with Gasteiger partial charge >= 0.3 is 0 Å². The molecule has 0 atom stereocenters. The van der Waals surface area contributed by atoms with Crippen LogP contribution in [0.15, 0.2) is 53.0 Å². The van der Waals surface area contributed by atoms with Gasteiger partial charge in [-0.2, -0.15) is 5.10 Å². The molecule has 130 valence electrons. The van der Waals surface area contributed by atoms with Crippen molar-refractivity contribution < 1.29 is 4.74 Å². The smallest absolute Gasteiger partial charge is 0.0903 e. The van der Waals surface area contributed by atoms with Crippen LogP contribution in [-0.2, 0) is 11.3 Å². The summed E-state index contributed by atoms with van der Waals surface area (Å²) in [4.78, 5) is 0. The van der Waals surface area contributed by atoms with Gasteiger partial charge in [0.25, 0.3) is 0 Å². The molecule has 4 heteroatoms. The number of fused-ring (bicyclic) bond motifs is 1. The monoisotopic (exact) mass is 398 g/mol. The SMILES string of the molecule is Cc1cc2ccc(Br)c(COC3CCC(c4ccccc4)CC3)n2n1. The highest BCUT2D eigenvalue weighted by Crippen LogP contribution is 2.34. The first-order valence-corrected chi connectivity index (χ1v) is 9.80. The number of benzene rings is 1. The van der Waals surface area contributed by atoms with Crippen molar-refractivity contribution >= 4 is 21.4 Å². The maximum atomic E-state index is 6.26. The van der Waals surface area contributed by atoms with Crippen LogP contribution in [0.1, 0.15) is 48.6 Å². The zero-order valence-corrected chi connectivity index (χ0v) is 16.1. The highest BCUT2D eigenvalue weighted by molar-refractivity contribution is 9.10. The van der Waals surface area contributed by atoms with Crippen molar-refractivity contribution in [1.29, 1.82) is 0 Å². The minimum atomic E-state index is 0.346. The second kappa shape index (κ2) is 7.30. The van der Waals surface area contributed by atoms with Crippen LogP contribution in [-0.4, -0.2) is 15.7 Å². The Morgan fingerprint density at radius 1 is 1.08 bits per heavy atom. The number of aryl methyl sites for hydroxylation is 1. The van der Waals surface area contributed by atoms with E-state index in [1.807, 2.05) is 11.4 Å². The Balaban J connectivity index is 1.39. The van der Waals surface area contributed by atoms with E-state index >= 15 is 0 Å². The quantitative estimate of drug-likeness (QED) is 0.567. The lowest BCUT2D eigenvalue weighted by molar-refractivity contribution is 0.0107. The molecule has 3 aromatic rings. The maximum Gasteiger partial charge on any atom is 0.0903 e. The molecule has 0 bridgehead atoms. The Bertz CT molecular complexity index is 851. The summed E-state index contributed by atoms with van der Waals surface area (Å²) in [6.07, 6.45) is 5.03. The minimum absolute atomic E-state index is 0.346. The Kier molecular flexibility index (Phi) is 4.91. The van der Waals surface area contributed by atoms with Gasteiger partial charge in [0.2, 0.25) is 0 Å². The average Bonchev–Trinajstić information content (AvgIpc) is 3.03. The molecule has 0 spiro atoms. The summed E-state index contributed by atoms with van der Waals surface area (Å²) in [5, 5.41) is 4.60. The van der Waals surface area contributed by atoms with Gasteiger partial charge in [-0.25, -0.2) is 4.52 Å². The fraction of sp³-hybridized carbons (Fsp3) is 0.381. The van der Waals surface area contributed by atoms with Crippen molar-refractivity contribution in [3.8, 4) is 0 Å². The summed E-state index contributed by atoms with van der Waals surface area (Å²) in [7, 11) is 0. The zero-order chi connectivity index (χ0) is 17.2.